The van der Waals surface area contributed by atoms with Crippen molar-refractivity contribution in [2.45, 2.75) is 17.7 Å². The summed E-state index contributed by atoms with van der Waals surface area (Å²) in [7, 11) is -2.31. The van der Waals surface area contributed by atoms with Crippen LogP contribution < -0.4 is 10.1 Å². The second-order valence-corrected chi connectivity index (χ2v) is 9.56. The van der Waals surface area contributed by atoms with Crippen molar-refractivity contribution in [3.05, 3.63) is 23.2 Å². The number of halogens is 1. The van der Waals surface area contributed by atoms with Crippen molar-refractivity contribution >= 4 is 27.5 Å². The van der Waals surface area contributed by atoms with Crippen molar-refractivity contribution in [1.82, 2.24) is 14.5 Å². The Balaban J connectivity index is 1.51. The lowest BCUT2D eigenvalue weighted by Crippen LogP contribution is -2.45. The molecule has 0 spiro atoms. The van der Waals surface area contributed by atoms with Gasteiger partial charge in [-0.2, -0.15) is 4.31 Å². The van der Waals surface area contributed by atoms with E-state index in [1.807, 2.05) is 0 Å². The number of nitrogens with one attached hydrogen (secondary N) is 1. The van der Waals surface area contributed by atoms with Crippen molar-refractivity contribution in [3.8, 4) is 5.75 Å². The average molecular weight is 446 g/mol. The van der Waals surface area contributed by atoms with Crippen LogP contribution in [0.5, 0.6) is 5.75 Å². The molecule has 29 heavy (non-hydrogen) atoms. The molecule has 2 fully saturated rings. The minimum Gasteiger partial charge on any atom is -0.495 e. The van der Waals surface area contributed by atoms with Crippen molar-refractivity contribution < 1.29 is 22.7 Å². The van der Waals surface area contributed by atoms with Crippen LogP contribution in [0.3, 0.4) is 0 Å². The van der Waals surface area contributed by atoms with Crippen LogP contribution in [0, 0.1) is 5.92 Å². The van der Waals surface area contributed by atoms with Crippen LogP contribution >= 0.6 is 11.6 Å². The Hall–Kier alpha value is -1.39. The number of benzene rings is 1. The molecule has 2 aliphatic rings. The van der Waals surface area contributed by atoms with E-state index < -0.39 is 10.0 Å². The molecule has 10 heteroatoms. The van der Waals surface area contributed by atoms with Gasteiger partial charge in [0.2, 0.25) is 15.9 Å². The number of hydrogen-bond donors (Lipinski definition) is 1. The van der Waals surface area contributed by atoms with Crippen molar-refractivity contribution in [3.63, 3.8) is 0 Å². The second kappa shape index (κ2) is 10.1. The number of sulfonamides is 1. The summed E-state index contributed by atoms with van der Waals surface area (Å²) in [5.41, 5.74) is 0. The fourth-order valence-corrected chi connectivity index (χ4v) is 5.54. The fraction of sp³-hybridized carbons (Fsp3) is 0.632. The van der Waals surface area contributed by atoms with Gasteiger partial charge in [0.15, 0.2) is 0 Å². The molecule has 1 aromatic carbocycles. The Labute approximate surface area is 177 Å². The summed E-state index contributed by atoms with van der Waals surface area (Å²) in [5, 5.41) is 3.32. The number of nitrogens with zero attached hydrogens (tertiary/aromatic N) is 2. The summed E-state index contributed by atoms with van der Waals surface area (Å²) in [4.78, 5) is 14.8. The van der Waals surface area contributed by atoms with Gasteiger partial charge in [0, 0.05) is 50.2 Å². The highest BCUT2D eigenvalue weighted by Crippen LogP contribution is 2.31. The van der Waals surface area contributed by atoms with Crippen LogP contribution in [0.15, 0.2) is 23.1 Å². The molecule has 0 unspecified atom stereocenters. The minimum absolute atomic E-state index is 0.00403. The normalized spacial score (nSPS) is 19.8. The van der Waals surface area contributed by atoms with E-state index in [0.717, 1.165) is 32.8 Å². The molecule has 1 aromatic rings. The number of hydrogen-bond acceptors (Lipinski definition) is 6. The third-order valence-electron chi connectivity index (χ3n) is 5.40. The fourth-order valence-electron chi connectivity index (χ4n) is 3.66. The highest BCUT2D eigenvalue weighted by Gasteiger charge is 2.33. The van der Waals surface area contributed by atoms with E-state index in [2.05, 4.69) is 10.2 Å². The molecule has 2 heterocycles. The quantitative estimate of drug-likeness (QED) is 0.678. The number of morpholine rings is 1. The predicted molar refractivity (Wildman–Crippen MR) is 110 cm³/mol. The van der Waals surface area contributed by atoms with Crippen molar-refractivity contribution in [2.75, 3.05) is 59.6 Å². The molecule has 0 aromatic heterocycles. The topological polar surface area (TPSA) is 88.2 Å². The highest BCUT2D eigenvalue weighted by atomic mass is 35.5. The molecule has 2 saturated heterocycles. The van der Waals surface area contributed by atoms with Gasteiger partial charge in [-0.05, 0) is 31.0 Å². The van der Waals surface area contributed by atoms with Gasteiger partial charge < -0.3 is 14.8 Å². The molecule has 8 nitrogen and oxygen atoms in total. The first-order valence-corrected chi connectivity index (χ1v) is 11.6. The summed E-state index contributed by atoms with van der Waals surface area (Å²) in [6, 6.07) is 4.54. The molecule has 0 saturated carbocycles. The maximum absolute atomic E-state index is 13.0. The monoisotopic (exact) mass is 445 g/mol. The molecule has 1 N–H and O–H groups in total. The van der Waals surface area contributed by atoms with Crippen LogP contribution in [0.2, 0.25) is 5.02 Å². The van der Waals surface area contributed by atoms with Crippen molar-refractivity contribution in [2.24, 2.45) is 5.92 Å². The zero-order valence-corrected chi connectivity index (χ0v) is 18.2. The van der Waals surface area contributed by atoms with Gasteiger partial charge in [0.05, 0.1) is 20.3 Å². The first-order chi connectivity index (χ1) is 13.9. The number of piperidine rings is 1. The zero-order valence-electron chi connectivity index (χ0n) is 16.6. The number of rotatable bonds is 7. The van der Waals surface area contributed by atoms with Crippen LogP contribution in [0.4, 0.5) is 0 Å². The molecule has 0 radical (unpaired) electrons. The number of amides is 1. The third-order valence-corrected chi connectivity index (χ3v) is 7.55. The lowest BCUT2D eigenvalue weighted by molar-refractivity contribution is -0.126. The Morgan fingerprint density at radius 3 is 2.59 bits per heavy atom. The number of carbonyl (C=O) groups is 1. The van der Waals surface area contributed by atoms with Crippen LogP contribution in [-0.2, 0) is 19.6 Å². The number of methoxy groups -OCH3 is 1. The molecule has 0 aliphatic carbocycles. The summed E-state index contributed by atoms with van der Waals surface area (Å²) in [5.74, 6) is 0.0837. The largest absolute Gasteiger partial charge is 0.495 e. The van der Waals surface area contributed by atoms with Gasteiger partial charge in [-0.15, -0.1) is 0 Å². The Morgan fingerprint density at radius 2 is 1.93 bits per heavy atom. The lowest BCUT2D eigenvalue weighted by Gasteiger charge is -2.31. The molecule has 2 aliphatic heterocycles. The Kier molecular flexibility index (Phi) is 7.75. The molecular weight excluding hydrogens is 418 g/mol. The van der Waals surface area contributed by atoms with Crippen molar-refractivity contribution in [1.29, 1.82) is 0 Å². The molecule has 0 bridgehead atoms. The second-order valence-electron chi connectivity index (χ2n) is 7.22. The van der Waals surface area contributed by atoms with E-state index >= 15 is 0 Å². The van der Waals surface area contributed by atoms with Gasteiger partial charge in [-0.1, -0.05) is 11.6 Å². The summed E-state index contributed by atoms with van der Waals surface area (Å²) in [6.07, 6.45) is 0.983. The average Bonchev–Trinajstić information content (AvgIpc) is 2.74. The van der Waals surface area contributed by atoms with E-state index in [1.165, 1.54) is 17.5 Å². The summed E-state index contributed by atoms with van der Waals surface area (Å²) >= 11 is 5.99. The molecule has 0 atom stereocenters. The molecule has 3 rings (SSSR count). The van der Waals surface area contributed by atoms with E-state index in [4.69, 9.17) is 21.1 Å². The predicted octanol–water partition coefficient (Wildman–Crippen LogP) is 1.20. The number of ether oxygens (including phenoxy) is 2. The zero-order chi connectivity index (χ0) is 20.9. The van der Waals surface area contributed by atoms with E-state index in [0.29, 0.717) is 37.5 Å². The Morgan fingerprint density at radius 1 is 1.24 bits per heavy atom. The Bertz CT molecular complexity index is 806. The summed E-state index contributed by atoms with van der Waals surface area (Å²) < 4.78 is 37.9. The smallest absolute Gasteiger partial charge is 0.246 e. The van der Waals surface area contributed by atoms with E-state index in [1.54, 1.807) is 12.1 Å². The highest BCUT2D eigenvalue weighted by molar-refractivity contribution is 7.89. The van der Waals surface area contributed by atoms with Crippen LogP contribution in [0.1, 0.15) is 12.8 Å². The maximum atomic E-state index is 13.0. The van der Waals surface area contributed by atoms with Gasteiger partial charge in [-0.3, -0.25) is 9.69 Å². The van der Waals surface area contributed by atoms with Crippen LogP contribution in [0.25, 0.3) is 0 Å². The molecule has 162 valence electrons. The van der Waals surface area contributed by atoms with Gasteiger partial charge >= 0.3 is 0 Å². The standard InChI is InChI=1S/C19H28ClN3O5S/c1-27-17-3-2-16(20)14-18(17)29(25,26)23-7-4-15(5-8-23)19(24)21-6-9-22-10-12-28-13-11-22/h2-3,14-15H,4-13H2,1H3,(H,21,24). The van der Waals surface area contributed by atoms with Gasteiger partial charge in [-0.25, -0.2) is 8.42 Å². The lowest BCUT2D eigenvalue weighted by atomic mass is 9.97. The number of carbonyl (C=O) groups excluding carboxylic acids is 1. The SMILES string of the molecule is COc1ccc(Cl)cc1S(=O)(=O)N1CCC(C(=O)NCCN2CCOCC2)CC1. The van der Waals surface area contributed by atoms with Gasteiger partial charge in [0.1, 0.15) is 10.6 Å². The molecular formula is C19H28ClN3O5S. The van der Waals surface area contributed by atoms with E-state index in [9.17, 15) is 13.2 Å². The van der Waals surface area contributed by atoms with Gasteiger partial charge in [0.25, 0.3) is 0 Å². The minimum atomic E-state index is -3.73. The molecule has 1 amide bonds. The third kappa shape index (κ3) is 5.61. The summed E-state index contributed by atoms with van der Waals surface area (Å²) in [6.45, 7) is 5.22. The van der Waals surface area contributed by atoms with E-state index in [-0.39, 0.29) is 22.5 Å². The first kappa shape index (κ1) is 22.3. The maximum Gasteiger partial charge on any atom is 0.246 e. The first-order valence-electron chi connectivity index (χ1n) is 9.83. The van der Waals surface area contributed by atoms with Crippen LogP contribution in [-0.4, -0.2) is 83.1 Å².